The quantitative estimate of drug-likeness (QED) is 0.694. The summed E-state index contributed by atoms with van der Waals surface area (Å²) in [5, 5.41) is 1.07. The van der Waals surface area contributed by atoms with E-state index < -0.39 is 0 Å². The summed E-state index contributed by atoms with van der Waals surface area (Å²) >= 11 is 11.8. The monoisotopic (exact) mass is 294 g/mol. The van der Waals surface area contributed by atoms with Crippen LogP contribution in [0.15, 0.2) is 29.3 Å². The van der Waals surface area contributed by atoms with Crippen molar-refractivity contribution >= 4 is 35.1 Å². The molecule has 0 aliphatic heterocycles. The van der Waals surface area contributed by atoms with E-state index in [1.54, 1.807) is 12.1 Å². The van der Waals surface area contributed by atoms with Gasteiger partial charge in [0.25, 0.3) is 0 Å². The van der Waals surface area contributed by atoms with E-state index in [1.807, 2.05) is 12.3 Å². The highest BCUT2D eigenvalue weighted by Crippen LogP contribution is 2.26. The zero-order chi connectivity index (χ0) is 14.0. The average molecular weight is 295 g/mol. The van der Waals surface area contributed by atoms with Crippen LogP contribution in [0.25, 0.3) is 0 Å². The molecule has 0 unspecified atom stereocenters. The molecular weight excluding hydrogens is 279 g/mol. The van der Waals surface area contributed by atoms with Crippen LogP contribution < -0.4 is 0 Å². The summed E-state index contributed by atoms with van der Waals surface area (Å²) in [5.41, 5.74) is 4.40. The van der Waals surface area contributed by atoms with E-state index in [0.29, 0.717) is 10.0 Å². The van der Waals surface area contributed by atoms with Gasteiger partial charge in [-0.05, 0) is 45.0 Å². The maximum absolute atomic E-state index is 5.97. The van der Waals surface area contributed by atoms with Gasteiger partial charge >= 0.3 is 0 Å². The second-order valence-corrected chi connectivity index (χ2v) is 5.24. The van der Waals surface area contributed by atoms with Crippen molar-refractivity contribution in [2.24, 2.45) is 4.99 Å². The standard InChI is InChI=1S/C15H16Cl2N2/c1-4-19-10(2)7-12(11(19)3)9-18-13-5-6-14(16)15(17)8-13/h5-9H,4H2,1-3H3. The first-order valence-corrected chi connectivity index (χ1v) is 6.94. The van der Waals surface area contributed by atoms with Crippen LogP contribution in [-0.2, 0) is 6.54 Å². The molecule has 19 heavy (non-hydrogen) atoms. The summed E-state index contributed by atoms with van der Waals surface area (Å²) < 4.78 is 2.26. The lowest BCUT2D eigenvalue weighted by Crippen LogP contribution is -1.99. The number of nitrogens with zero attached hydrogens (tertiary/aromatic N) is 2. The molecule has 4 heteroatoms. The van der Waals surface area contributed by atoms with Gasteiger partial charge in [-0.25, -0.2) is 0 Å². The Balaban J connectivity index is 2.30. The van der Waals surface area contributed by atoms with E-state index in [0.717, 1.165) is 17.8 Å². The summed E-state index contributed by atoms with van der Waals surface area (Å²) in [7, 11) is 0. The number of aromatic nitrogens is 1. The zero-order valence-electron chi connectivity index (χ0n) is 11.2. The van der Waals surface area contributed by atoms with Gasteiger partial charge in [0.1, 0.15) is 0 Å². The molecule has 0 aliphatic carbocycles. The van der Waals surface area contributed by atoms with Gasteiger partial charge in [-0.3, -0.25) is 4.99 Å². The van der Waals surface area contributed by atoms with Crippen molar-refractivity contribution in [1.29, 1.82) is 0 Å². The molecule has 0 spiro atoms. The zero-order valence-corrected chi connectivity index (χ0v) is 12.8. The summed E-state index contributed by atoms with van der Waals surface area (Å²) in [6.07, 6.45) is 1.87. The van der Waals surface area contributed by atoms with E-state index >= 15 is 0 Å². The number of aryl methyl sites for hydroxylation is 1. The molecule has 1 heterocycles. The van der Waals surface area contributed by atoms with Gasteiger partial charge in [0.15, 0.2) is 0 Å². The van der Waals surface area contributed by atoms with Crippen molar-refractivity contribution in [3.8, 4) is 0 Å². The average Bonchev–Trinajstić information content (AvgIpc) is 2.65. The summed E-state index contributed by atoms with van der Waals surface area (Å²) in [6, 6.07) is 7.51. The third kappa shape index (κ3) is 3.02. The van der Waals surface area contributed by atoms with Crippen LogP contribution in [0.3, 0.4) is 0 Å². The minimum absolute atomic E-state index is 0.523. The number of hydrogen-bond donors (Lipinski definition) is 0. The molecule has 2 aromatic rings. The lowest BCUT2D eigenvalue weighted by Gasteiger charge is -2.04. The van der Waals surface area contributed by atoms with Crippen molar-refractivity contribution in [2.45, 2.75) is 27.3 Å². The van der Waals surface area contributed by atoms with Crippen molar-refractivity contribution in [3.05, 3.63) is 51.3 Å². The minimum atomic E-state index is 0.523. The Morgan fingerprint density at radius 3 is 2.47 bits per heavy atom. The van der Waals surface area contributed by atoms with Crippen molar-refractivity contribution < 1.29 is 0 Å². The van der Waals surface area contributed by atoms with E-state index in [4.69, 9.17) is 23.2 Å². The van der Waals surface area contributed by atoms with E-state index in [2.05, 4.69) is 36.4 Å². The molecule has 100 valence electrons. The van der Waals surface area contributed by atoms with Gasteiger partial charge in [-0.1, -0.05) is 23.2 Å². The van der Waals surface area contributed by atoms with Gasteiger partial charge in [0.05, 0.1) is 15.7 Å². The van der Waals surface area contributed by atoms with Crippen LogP contribution in [0.5, 0.6) is 0 Å². The molecule has 0 fully saturated rings. The van der Waals surface area contributed by atoms with Gasteiger partial charge in [-0.2, -0.15) is 0 Å². The van der Waals surface area contributed by atoms with Crippen molar-refractivity contribution in [3.63, 3.8) is 0 Å². The number of aliphatic imine (C=N–C) groups is 1. The Kier molecular flexibility index (Phi) is 4.33. The third-order valence-corrected chi connectivity index (χ3v) is 3.92. The first-order valence-electron chi connectivity index (χ1n) is 6.18. The number of halogens is 2. The van der Waals surface area contributed by atoms with Crippen molar-refractivity contribution in [2.75, 3.05) is 0 Å². The van der Waals surface area contributed by atoms with Gasteiger partial charge in [0.2, 0.25) is 0 Å². The van der Waals surface area contributed by atoms with Crippen LogP contribution in [0.2, 0.25) is 10.0 Å². The predicted molar refractivity (Wildman–Crippen MR) is 83.3 cm³/mol. The van der Waals surface area contributed by atoms with Gasteiger partial charge < -0.3 is 4.57 Å². The fourth-order valence-electron chi connectivity index (χ4n) is 2.15. The van der Waals surface area contributed by atoms with Crippen LogP contribution in [0.4, 0.5) is 5.69 Å². The minimum Gasteiger partial charge on any atom is -0.349 e. The fourth-order valence-corrected chi connectivity index (χ4v) is 2.45. The molecule has 2 nitrogen and oxygen atoms in total. The van der Waals surface area contributed by atoms with Crippen LogP contribution in [-0.4, -0.2) is 10.8 Å². The Labute approximate surface area is 123 Å². The first-order chi connectivity index (χ1) is 9.02. The normalized spacial score (nSPS) is 11.4. The molecule has 0 bridgehead atoms. The SMILES string of the molecule is CCn1c(C)cc(C=Nc2ccc(Cl)c(Cl)c2)c1C. The highest BCUT2D eigenvalue weighted by Gasteiger charge is 2.05. The molecule has 0 saturated heterocycles. The first kappa shape index (κ1) is 14.2. The van der Waals surface area contributed by atoms with E-state index in [9.17, 15) is 0 Å². The second kappa shape index (κ2) is 5.81. The van der Waals surface area contributed by atoms with E-state index in [1.165, 1.54) is 11.4 Å². The predicted octanol–water partition coefficient (Wildman–Crippen LogP) is 5.18. The van der Waals surface area contributed by atoms with Crippen LogP contribution in [0, 0.1) is 13.8 Å². The van der Waals surface area contributed by atoms with Crippen molar-refractivity contribution in [1.82, 2.24) is 4.57 Å². The maximum Gasteiger partial charge on any atom is 0.0645 e. The number of rotatable bonds is 3. The third-order valence-electron chi connectivity index (χ3n) is 3.18. The molecule has 0 saturated carbocycles. The van der Waals surface area contributed by atoms with E-state index in [-0.39, 0.29) is 0 Å². The van der Waals surface area contributed by atoms with Crippen LogP contribution in [0.1, 0.15) is 23.9 Å². The lowest BCUT2D eigenvalue weighted by molar-refractivity contribution is 0.718. The Bertz CT molecular complexity index is 627. The number of hydrogen-bond acceptors (Lipinski definition) is 1. The molecule has 2 rings (SSSR count). The molecule has 1 aromatic heterocycles. The second-order valence-electron chi connectivity index (χ2n) is 4.43. The Hall–Kier alpha value is -1.25. The maximum atomic E-state index is 5.97. The molecular formula is C15H16Cl2N2. The lowest BCUT2D eigenvalue weighted by atomic mass is 10.2. The summed E-state index contributed by atoms with van der Waals surface area (Å²) in [4.78, 5) is 4.45. The number of benzene rings is 1. The Morgan fingerprint density at radius 2 is 1.89 bits per heavy atom. The summed E-state index contributed by atoms with van der Waals surface area (Å²) in [6.45, 7) is 7.32. The molecule has 0 amide bonds. The largest absolute Gasteiger partial charge is 0.349 e. The molecule has 0 aliphatic rings. The molecule has 0 radical (unpaired) electrons. The molecule has 0 N–H and O–H groups in total. The highest BCUT2D eigenvalue weighted by molar-refractivity contribution is 6.42. The van der Waals surface area contributed by atoms with Gasteiger partial charge in [0, 0.05) is 29.7 Å². The Morgan fingerprint density at radius 1 is 1.16 bits per heavy atom. The van der Waals surface area contributed by atoms with Crippen LogP contribution >= 0.6 is 23.2 Å². The van der Waals surface area contributed by atoms with Gasteiger partial charge in [-0.15, -0.1) is 0 Å². The fraction of sp³-hybridized carbons (Fsp3) is 0.267. The highest BCUT2D eigenvalue weighted by atomic mass is 35.5. The smallest absolute Gasteiger partial charge is 0.0645 e. The topological polar surface area (TPSA) is 17.3 Å². The molecule has 0 atom stereocenters. The molecule has 1 aromatic carbocycles. The summed E-state index contributed by atoms with van der Waals surface area (Å²) in [5.74, 6) is 0.